The zero-order valence-electron chi connectivity index (χ0n) is 13.2. The quantitative estimate of drug-likeness (QED) is 0.778. The maximum atomic E-state index is 12.9. The molecular weight excluding hydrogens is 326 g/mol. The van der Waals surface area contributed by atoms with Crippen LogP contribution in [0.2, 0.25) is 5.02 Å². The van der Waals surface area contributed by atoms with Gasteiger partial charge in [-0.3, -0.25) is 9.69 Å². The highest BCUT2D eigenvalue weighted by Gasteiger charge is 2.52. The molecule has 0 spiro atoms. The number of nitriles is 1. The third kappa shape index (κ3) is 2.41. The van der Waals surface area contributed by atoms with E-state index in [1.807, 2.05) is 6.07 Å². The third-order valence-corrected chi connectivity index (χ3v) is 4.26. The molecule has 0 bridgehead atoms. The number of anilines is 2. The summed E-state index contributed by atoms with van der Waals surface area (Å²) in [6.45, 7) is 3.40. The monoisotopic (exact) mass is 339 g/mol. The Balaban J connectivity index is 2.04. The van der Waals surface area contributed by atoms with Crippen LogP contribution in [-0.2, 0) is 4.79 Å². The summed E-state index contributed by atoms with van der Waals surface area (Å²) in [6.07, 6.45) is 0. The number of hydrogen-bond donors (Lipinski definition) is 0. The average Bonchev–Trinajstić information content (AvgIpc) is 2.74. The summed E-state index contributed by atoms with van der Waals surface area (Å²) in [5, 5.41) is 9.43. The summed E-state index contributed by atoms with van der Waals surface area (Å²) in [4.78, 5) is 28.3. The standard InChI is InChI=1S/C18H14ClN3O2/c1-18(2)16(23)21(14-7-3-12(11-20)4-8-14)17(24)22(18)15-9-5-13(19)6-10-15/h3-10H,1-2H3. The molecule has 3 amide bonds. The van der Waals surface area contributed by atoms with E-state index in [2.05, 4.69) is 0 Å². The smallest absolute Gasteiger partial charge is 0.279 e. The first-order valence-electron chi connectivity index (χ1n) is 7.31. The molecule has 0 aliphatic carbocycles. The summed E-state index contributed by atoms with van der Waals surface area (Å²) in [6, 6.07) is 14.7. The van der Waals surface area contributed by atoms with E-state index in [9.17, 15) is 9.59 Å². The van der Waals surface area contributed by atoms with E-state index in [0.717, 1.165) is 4.90 Å². The van der Waals surface area contributed by atoms with Gasteiger partial charge < -0.3 is 0 Å². The zero-order chi connectivity index (χ0) is 17.5. The van der Waals surface area contributed by atoms with Gasteiger partial charge in [-0.25, -0.2) is 9.69 Å². The Labute approximate surface area is 144 Å². The highest BCUT2D eigenvalue weighted by molar-refractivity contribution is 6.31. The first-order valence-corrected chi connectivity index (χ1v) is 7.68. The van der Waals surface area contributed by atoms with E-state index in [0.29, 0.717) is 22.0 Å². The van der Waals surface area contributed by atoms with Gasteiger partial charge >= 0.3 is 6.03 Å². The molecule has 0 atom stereocenters. The van der Waals surface area contributed by atoms with Gasteiger partial charge in [0, 0.05) is 10.7 Å². The Hall–Kier alpha value is -2.84. The Morgan fingerprint density at radius 1 is 0.958 bits per heavy atom. The van der Waals surface area contributed by atoms with Gasteiger partial charge in [-0.05, 0) is 62.4 Å². The topological polar surface area (TPSA) is 64.4 Å². The largest absolute Gasteiger partial charge is 0.336 e. The van der Waals surface area contributed by atoms with Crippen molar-refractivity contribution in [1.29, 1.82) is 5.26 Å². The molecule has 0 N–H and O–H groups in total. The molecule has 6 heteroatoms. The molecule has 1 aliphatic rings. The summed E-state index contributed by atoms with van der Waals surface area (Å²) < 4.78 is 0. The molecule has 5 nitrogen and oxygen atoms in total. The van der Waals surface area contributed by atoms with E-state index in [1.165, 1.54) is 4.90 Å². The lowest BCUT2D eigenvalue weighted by molar-refractivity contribution is -0.120. The molecule has 120 valence electrons. The zero-order valence-corrected chi connectivity index (χ0v) is 13.9. The minimum atomic E-state index is -1.03. The molecule has 24 heavy (non-hydrogen) atoms. The van der Waals surface area contributed by atoms with Crippen molar-refractivity contribution < 1.29 is 9.59 Å². The van der Waals surface area contributed by atoms with Crippen LogP contribution in [-0.4, -0.2) is 17.5 Å². The number of rotatable bonds is 2. The molecule has 0 unspecified atom stereocenters. The molecule has 2 aromatic rings. The van der Waals surface area contributed by atoms with Crippen molar-refractivity contribution >= 4 is 34.9 Å². The average molecular weight is 340 g/mol. The molecule has 0 saturated carbocycles. The Kier molecular flexibility index (Phi) is 3.78. The highest BCUT2D eigenvalue weighted by Crippen LogP contribution is 2.36. The number of halogens is 1. The van der Waals surface area contributed by atoms with Gasteiger partial charge in [0.15, 0.2) is 0 Å². The fraction of sp³-hybridized carbons (Fsp3) is 0.167. The molecule has 3 rings (SSSR count). The Morgan fingerprint density at radius 2 is 1.50 bits per heavy atom. The predicted molar refractivity (Wildman–Crippen MR) is 92.0 cm³/mol. The van der Waals surface area contributed by atoms with Crippen molar-refractivity contribution in [2.75, 3.05) is 9.80 Å². The van der Waals surface area contributed by atoms with Crippen LogP contribution in [0.4, 0.5) is 16.2 Å². The molecular formula is C18H14ClN3O2. The van der Waals surface area contributed by atoms with E-state index < -0.39 is 11.6 Å². The number of carbonyl (C=O) groups is 2. The van der Waals surface area contributed by atoms with Crippen LogP contribution >= 0.6 is 11.6 Å². The number of nitrogens with zero attached hydrogens (tertiary/aromatic N) is 3. The molecule has 1 fully saturated rings. The van der Waals surface area contributed by atoms with Gasteiger partial charge in [0.1, 0.15) is 5.54 Å². The van der Waals surface area contributed by atoms with Crippen molar-refractivity contribution in [2.45, 2.75) is 19.4 Å². The minimum Gasteiger partial charge on any atom is -0.279 e. The predicted octanol–water partition coefficient (Wildman–Crippen LogP) is 3.96. The number of amides is 3. The first-order chi connectivity index (χ1) is 11.4. The normalized spacial score (nSPS) is 16.4. The van der Waals surface area contributed by atoms with Crippen molar-refractivity contribution in [3.05, 3.63) is 59.1 Å². The van der Waals surface area contributed by atoms with Gasteiger partial charge in [-0.15, -0.1) is 0 Å². The van der Waals surface area contributed by atoms with Crippen molar-refractivity contribution in [2.24, 2.45) is 0 Å². The molecule has 1 heterocycles. The van der Waals surface area contributed by atoms with Crippen LogP contribution in [0, 0.1) is 11.3 Å². The molecule has 0 aromatic heterocycles. The van der Waals surface area contributed by atoms with E-state index in [-0.39, 0.29) is 5.91 Å². The number of urea groups is 1. The van der Waals surface area contributed by atoms with Gasteiger partial charge in [0.2, 0.25) is 0 Å². The van der Waals surface area contributed by atoms with Gasteiger partial charge in [-0.2, -0.15) is 5.26 Å². The summed E-state index contributed by atoms with van der Waals surface area (Å²) in [5.74, 6) is -0.327. The number of carbonyl (C=O) groups excluding carboxylic acids is 2. The second-order valence-corrected chi connectivity index (χ2v) is 6.39. The fourth-order valence-electron chi connectivity index (χ4n) is 2.73. The molecule has 1 saturated heterocycles. The van der Waals surface area contributed by atoms with Crippen LogP contribution < -0.4 is 9.80 Å². The maximum Gasteiger partial charge on any atom is 0.336 e. The summed E-state index contributed by atoms with van der Waals surface area (Å²) in [5.41, 5.74) is 0.470. The SMILES string of the molecule is CC1(C)C(=O)N(c2ccc(C#N)cc2)C(=O)N1c1ccc(Cl)cc1. The lowest BCUT2D eigenvalue weighted by Crippen LogP contribution is -2.44. The van der Waals surface area contributed by atoms with Crippen molar-refractivity contribution in [3.8, 4) is 6.07 Å². The second-order valence-electron chi connectivity index (χ2n) is 5.95. The van der Waals surface area contributed by atoms with E-state index >= 15 is 0 Å². The Bertz CT molecular complexity index is 851. The fourth-order valence-corrected chi connectivity index (χ4v) is 2.86. The van der Waals surface area contributed by atoms with Crippen LogP contribution in [0.5, 0.6) is 0 Å². The first kappa shape index (κ1) is 16.0. The van der Waals surface area contributed by atoms with E-state index in [1.54, 1.807) is 62.4 Å². The van der Waals surface area contributed by atoms with Crippen molar-refractivity contribution in [3.63, 3.8) is 0 Å². The second kappa shape index (κ2) is 5.66. The number of imide groups is 1. The lowest BCUT2D eigenvalue weighted by Gasteiger charge is -2.27. The van der Waals surface area contributed by atoms with Crippen molar-refractivity contribution in [1.82, 2.24) is 0 Å². The van der Waals surface area contributed by atoms with Crippen LogP contribution in [0.15, 0.2) is 48.5 Å². The molecule has 1 aliphatic heterocycles. The van der Waals surface area contributed by atoms with Crippen LogP contribution in [0.3, 0.4) is 0 Å². The molecule has 2 aromatic carbocycles. The molecule has 0 radical (unpaired) electrons. The van der Waals surface area contributed by atoms with Gasteiger partial charge in [0.05, 0.1) is 17.3 Å². The highest BCUT2D eigenvalue weighted by atomic mass is 35.5. The number of benzene rings is 2. The van der Waals surface area contributed by atoms with Crippen LogP contribution in [0.1, 0.15) is 19.4 Å². The van der Waals surface area contributed by atoms with E-state index in [4.69, 9.17) is 16.9 Å². The number of hydrogen-bond acceptors (Lipinski definition) is 3. The minimum absolute atomic E-state index is 0.327. The Morgan fingerprint density at radius 3 is 2.04 bits per heavy atom. The summed E-state index contributed by atoms with van der Waals surface area (Å²) >= 11 is 5.90. The maximum absolute atomic E-state index is 12.9. The van der Waals surface area contributed by atoms with Gasteiger partial charge in [-0.1, -0.05) is 11.6 Å². The van der Waals surface area contributed by atoms with Gasteiger partial charge in [0.25, 0.3) is 5.91 Å². The lowest BCUT2D eigenvalue weighted by atomic mass is 10.0. The third-order valence-electron chi connectivity index (χ3n) is 4.01. The summed E-state index contributed by atoms with van der Waals surface area (Å²) in [7, 11) is 0. The van der Waals surface area contributed by atoms with Crippen LogP contribution in [0.25, 0.3) is 0 Å².